The first-order valence-electron chi connectivity index (χ1n) is 9.21. The molecule has 7 heteroatoms. The lowest BCUT2D eigenvalue weighted by molar-refractivity contribution is -0.152. The van der Waals surface area contributed by atoms with Gasteiger partial charge in [0.25, 0.3) is 11.8 Å². The van der Waals surface area contributed by atoms with Crippen molar-refractivity contribution < 1.29 is 19.1 Å². The predicted octanol–water partition coefficient (Wildman–Crippen LogP) is 4.05. The molecular formula is C22H25BrN2O4. The van der Waals surface area contributed by atoms with Gasteiger partial charge < -0.3 is 15.4 Å². The third-order valence-corrected chi connectivity index (χ3v) is 4.72. The summed E-state index contributed by atoms with van der Waals surface area (Å²) in [5.74, 6) is -1.53. The van der Waals surface area contributed by atoms with E-state index in [0.717, 1.165) is 10.0 Å². The minimum absolute atomic E-state index is 0.00817. The minimum Gasteiger partial charge on any atom is -0.451 e. The van der Waals surface area contributed by atoms with Crippen LogP contribution in [0, 0.1) is 0 Å². The zero-order valence-corrected chi connectivity index (χ0v) is 18.5. The molecule has 0 fully saturated rings. The highest BCUT2D eigenvalue weighted by molar-refractivity contribution is 9.10. The van der Waals surface area contributed by atoms with Gasteiger partial charge in [0.1, 0.15) is 6.54 Å². The molecule has 0 bridgehead atoms. The van der Waals surface area contributed by atoms with E-state index in [-0.39, 0.29) is 17.9 Å². The molecule has 1 unspecified atom stereocenters. The number of benzene rings is 2. The molecule has 2 rings (SSSR count). The predicted molar refractivity (Wildman–Crippen MR) is 116 cm³/mol. The van der Waals surface area contributed by atoms with Crippen LogP contribution in [-0.4, -0.2) is 30.4 Å². The van der Waals surface area contributed by atoms with E-state index in [1.54, 1.807) is 36.4 Å². The van der Waals surface area contributed by atoms with Gasteiger partial charge in [-0.05, 0) is 54.3 Å². The standard InChI is InChI=1S/C22H25BrN2O4/c1-14(20(27)25-18-11-9-17(23)10-12-18)29-19(26)13-24-21(28)15-5-7-16(8-6-15)22(2,3)4/h5-12,14H,13H2,1-4H3,(H,24,28)(H,25,27). The maximum atomic E-state index is 12.2. The van der Waals surface area contributed by atoms with Crippen molar-refractivity contribution in [2.45, 2.75) is 39.2 Å². The first-order chi connectivity index (χ1) is 13.6. The number of amides is 2. The van der Waals surface area contributed by atoms with Crippen molar-refractivity contribution in [3.63, 3.8) is 0 Å². The Morgan fingerprint density at radius 3 is 2.14 bits per heavy atom. The van der Waals surface area contributed by atoms with Crippen LogP contribution in [0.25, 0.3) is 0 Å². The molecular weight excluding hydrogens is 436 g/mol. The average Bonchev–Trinajstić information content (AvgIpc) is 2.67. The summed E-state index contributed by atoms with van der Waals surface area (Å²) in [6.45, 7) is 7.42. The summed E-state index contributed by atoms with van der Waals surface area (Å²) in [7, 11) is 0. The summed E-state index contributed by atoms with van der Waals surface area (Å²) in [5, 5.41) is 5.16. The fraction of sp³-hybridized carbons (Fsp3) is 0.318. The molecule has 29 heavy (non-hydrogen) atoms. The number of anilines is 1. The molecule has 0 heterocycles. The van der Waals surface area contributed by atoms with Gasteiger partial charge in [0.2, 0.25) is 0 Å². The number of nitrogens with one attached hydrogen (secondary N) is 2. The van der Waals surface area contributed by atoms with Crippen LogP contribution < -0.4 is 10.6 Å². The molecule has 0 aromatic heterocycles. The van der Waals surface area contributed by atoms with Gasteiger partial charge in [-0.2, -0.15) is 0 Å². The molecule has 0 aliphatic carbocycles. The summed E-state index contributed by atoms with van der Waals surface area (Å²) in [6, 6.07) is 14.2. The lowest BCUT2D eigenvalue weighted by atomic mass is 9.87. The highest BCUT2D eigenvalue weighted by Crippen LogP contribution is 2.22. The van der Waals surface area contributed by atoms with Gasteiger partial charge >= 0.3 is 5.97 Å². The molecule has 0 aliphatic rings. The van der Waals surface area contributed by atoms with Crippen LogP contribution in [0.15, 0.2) is 53.0 Å². The highest BCUT2D eigenvalue weighted by Gasteiger charge is 2.19. The van der Waals surface area contributed by atoms with E-state index in [0.29, 0.717) is 11.3 Å². The Bertz CT molecular complexity index is 871. The average molecular weight is 461 g/mol. The monoisotopic (exact) mass is 460 g/mol. The maximum Gasteiger partial charge on any atom is 0.326 e. The van der Waals surface area contributed by atoms with Gasteiger partial charge in [0.05, 0.1) is 0 Å². The topological polar surface area (TPSA) is 84.5 Å². The first-order valence-corrected chi connectivity index (χ1v) is 10.0. The number of ether oxygens (including phenoxy) is 1. The summed E-state index contributed by atoms with van der Waals surface area (Å²) in [6.07, 6.45) is -0.992. The van der Waals surface area contributed by atoms with Crippen LogP contribution in [0.2, 0.25) is 0 Å². The number of carbonyl (C=O) groups is 3. The van der Waals surface area contributed by atoms with Crippen molar-refractivity contribution in [2.75, 3.05) is 11.9 Å². The van der Waals surface area contributed by atoms with E-state index < -0.39 is 18.0 Å². The molecule has 2 N–H and O–H groups in total. The molecule has 2 amide bonds. The van der Waals surface area contributed by atoms with Crippen molar-refractivity contribution in [3.05, 3.63) is 64.1 Å². The Labute approximate surface area is 179 Å². The van der Waals surface area contributed by atoms with Gasteiger partial charge in [-0.3, -0.25) is 14.4 Å². The Morgan fingerprint density at radius 1 is 1.00 bits per heavy atom. The SMILES string of the molecule is CC(OC(=O)CNC(=O)c1ccc(C(C)(C)C)cc1)C(=O)Nc1ccc(Br)cc1. The summed E-state index contributed by atoms with van der Waals surface area (Å²) >= 11 is 3.31. The second-order valence-corrected chi connectivity index (χ2v) is 8.55. The molecule has 2 aromatic carbocycles. The Morgan fingerprint density at radius 2 is 1.59 bits per heavy atom. The normalized spacial score (nSPS) is 12.0. The van der Waals surface area contributed by atoms with Crippen molar-refractivity contribution in [1.29, 1.82) is 0 Å². The number of hydrogen-bond donors (Lipinski definition) is 2. The molecule has 0 aliphatic heterocycles. The number of halogens is 1. The van der Waals surface area contributed by atoms with E-state index in [2.05, 4.69) is 47.3 Å². The van der Waals surface area contributed by atoms with E-state index in [1.165, 1.54) is 6.92 Å². The van der Waals surface area contributed by atoms with Crippen LogP contribution in [0.5, 0.6) is 0 Å². The van der Waals surface area contributed by atoms with Gasteiger partial charge in [-0.15, -0.1) is 0 Å². The fourth-order valence-electron chi connectivity index (χ4n) is 2.45. The third-order valence-electron chi connectivity index (χ3n) is 4.20. The van der Waals surface area contributed by atoms with Crippen LogP contribution in [-0.2, 0) is 19.7 Å². The summed E-state index contributed by atoms with van der Waals surface area (Å²) < 4.78 is 5.97. The smallest absolute Gasteiger partial charge is 0.326 e. The lowest BCUT2D eigenvalue weighted by Gasteiger charge is -2.19. The largest absolute Gasteiger partial charge is 0.451 e. The number of hydrogen-bond acceptors (Lipinski definition) is 4. The van der Waals surface area contributed by atoms with E-state index in [1.807, 2.05) is 12.1 Å². The molecule has 1 atom stereocenters. The van der Waals surface area contributed by atoms with Gasteiger partial charge in [-0.25, -0.2) is 0 Å². The zero-order valence-electron chi connectivity index (χ0n) is 16.9. The van der Waals surface area contributed by atoms with Crippen molar-refractivity contribution in [2.24, 2.45) is 0 Å². The van der Waals surface area contributed by atoms with Gasteiger partial charge in [0, 0.05) is 15.7 Å². The molecule has 0 radical (unpaired) electrons. The Hall–Kier alpha value is -2.67. The molecule has 0 spiro atoms. The molecule has 0 saturated heterocycles. The second kappa shape index (κ2) is 9.69. The molecule has 154 valence electrons. The second-order valence-electron chi connectivity index (χ2n) is 7.64. The van der Waals surface area contributed by atoms with Crippen molar-refractivity contribution >= 4 is 39.4 Å². The van der Waals surface area contributed by atoms with Crippen molar-refractivity contribution in [3.8, 4) is 0 Å². The molecule has 2 aromatic rings. The molecule has 0 saturated carbocycles. The van der Waals surface area contributed by atoms with E-state index in [4.69, 9.17) is 4.74 Å². The maximum absolute atomic E-state index is 12.2. The quantitative estimate of drug-likeness (QED) is 0.636. The van der Waals surface area contributed by atoms with E-state index >= 15 is 0 Å². The van der Waals surface area contributed by atoms with Gasteiger partial charge in [-0.1, -0.05) is 48.8 Å². The van der Waals surface area contributed by atoms with Crippen molar-refractivity contribution in [1.82, 2.24) is 5.32 Å². The number of esters is 1. The number of rotatable bonds is 6. The fourth-order valence-corrected chi connectivity index (χ4v) is 2.71. The highest BCUT2D eigenvalue weighted by atomic mass is 79.9. The van der Waals surface area contributed by atoms with E-state index in [9.17, 15) is 14.4 Å². The van der Waals surface area contributed by atoms with Crippen LogP contribution in [0.4, 0.5) is 5.69 Å². The molecule has 6 nitrogen and oxygen atoms in total. The lowest BCUT2D eigenvalue weighted by Crippen LogP contribution is -2.35. The summed E-state index contributed by atoms with van der Waals surface area (Å²) in [5.41, 5.74) is 2.14. The minimum atomic E-state index is -0.992. The van der Waals surface area contributed by atoms with Gasteiger partial charge in [0.15, 0.2) is 6.10 Å². The van der Waals surface area contributed by atoms with Crippen LogP contribution >= 0.6 is 15.9 Å². The Balaban J connectivity index is 1.81. The third kappa shape index (κ3) is 7.02. The summed E-state index contributed by atoms with van der Waals surface area (Å²) in [4.78, 5) is 36.3. The number of carbonyl (C=O) groups excluding carboxylic acids is 3. The zero-order chi connectivity index (χ0) is 21.6. The first kappa shape index (κ1) is 22.6. The van der Waals surface area contributed by atoms with Crippen LogP contribution in [0.1, 0.15) is 43.6 Å². The van der Waals surface area contributed by atoms with Crippen LogP contribution in [0.3, 0.4) is 0 Å². The Kier molecular flexibility index (Phi) is 7.56.